The van der Waals surface area contributed by atoms with Gasteiger partial charge in [-0.15, -0.1) is 0 Å². The van der Waals surface area contributed by atoms with Gasteiger partial charge in [0.25, 0.3) is 0 Å². The largest absolute Gasteiger partial charge is 0.384 e. The number of fused-ring (bicyclic) bond motifs is 2. The minimum absolute atomic E-state index is 0.660. The monoisotopic (exact) mass is 252 g/mol. The molecule has 2 saturated carbocycles. The third-order valence-corrected chi connectivity index (χ3v) is 6.38. The predicted molar refractivity (Wildman–Crippen MR) is 77.7 cm³/mol. The van der Waals surface area contributed by atoms with Crippen molar-refractivity contribution in [3.8, 4) is 0 Å². The molecule has 2 aliphatic rings. The molecule has 2 rings (SSSR count). The first-order valence-corrected chi connectivity index (χ1v) is 8.15. The Morgan fingerprint density at radius 1 is 1.00 bits per heavy atom. The first-order chi connectivity index (χ1) is 8.66. The normalized spacial score (nSPS) is 43.3. The molecule has 0 heterocycles. The summed E-state index contributed by atoms with van der Waals surface area (Å²) in [6.45, 7) is 8.23. The van der Waals surface area contributed by atoms with Crippen molar-refractivity contribution in [3.05, 3.63) is 0 Å². The molecule has 106 valence electrons. The molecule has 0 N–H and O–H groups in total. The van der Waals surface area contributed by atoms with E-state index >= 15 is 0 Å². The number of hydrogen-bond acceptors (Lipinski definition) is 1. The highest BCUT2D eigenvalue weighted by molar-refractivity contribution is 5.08. The van der Waals surface area contributed by atoms with E-state index in [9.17, 15) is 0 Å². The third kappa shape index (κ3) is 2.13. The Balaban J connectivity index is 2.25. The van der Waals surface area contributed by atoms with Crippen LogP contribution in [0.25, 0.3) is 0 Å². The van der Waals surface area contributed by atoms with Crippen molar-refractivity contribution < 1.29 is 4.74 Å². The Morgan fingerprint density at radius 3 is 1.94 bits per heavy atom. The molecule has 2 bridgehead atoms. The first kappa shape index (κ1) is 14.4. The van der Waals surface area contributed by atoms with E-state index in [1.807, 2.05) is 7.11 Å². The first-order valence-electron chi connectivity index (χ1n) is 8.15. The topological polar surface area (TPSA) is 9.23 Å². The second-order valence-electron chi connectivity index (χ2n) is 7.00. The van der Waals surface area contributed by atoms with E-state index in [0.29, 0.717) is 10.8 Å². The van der Waals surface area contributed by atoms with Crippen molar-refractivity contribution in [3.63, 3.8) is 0 Å². The molecular formula is C17H32O. The Labute approximate surface area is 114 Å². The van der Waals surface area contributed by atoms with Gasteiger partial charge in [-0.25, -0.2) is 0 Å². The Kier molecular flexibility index (Phi) is 4.41. The number of rotatable bonds is 6. The Hall–Kier alpha value is -0.0400. The maximum atomic E-state index is 5.48. The summed E-state index contributed by atoms with van der Waals surface area (Å²) in [5.74, 6) is 1.82. The minimum atomic E-state index is 0.660. The average Bonchev–Trinajstić information content (AvgIpc) is 2.58. The van der Waals surface area contributed by atoms with E-state index in [-0.39, 0.29) is 0 Å². The fourth-order valence-corrected chi connectivity index (χ4v) is 5.60. The van der Waals surface area contributed by atoms with Crippen molar-refractivity contribution in [2.75, 3.05) is 13.7 Å². The lowest BCUT2D eigenvalue weighted by Gasteiger charge is -2.51. The highest BCUT2D eigenvalue weighted by Gasteiger charge is 2.58. The van der Waals surface area contributed by atoms with Gasteiger partial charge in [0.1, 0.15) is 0 Å². The average molecular weight is 252 g/mol. The lowest BCUT2D eigenvalue weighted by atomic mass is 9.55. The zero-order valence-electron chi connectivity index (χ0n) is 12.9. The highest BCUT2D eigenvalue weighted by Crippen LogP contribution is 2.67. The van der Waals surface area contributed by atoms with Crippen LogP contribution in [0.15, 0.2) is 0 Å². The summed E-state index contributed by atoms with van der Waals surface area (Å²) < 4.78 is 5.48. The molecule has 0 aromatic heterocycles. The van der Waals surface area contributed by atoms with Crippen LogP contribution in [-0.4, -0.2) is 13.7 Å². The van der Waals surface area contributed by atoms with Crippen LogP contribution in [-0.2, 0) is 4.74 Å². The van der Waals surface area contributed by atoms with Crippen LogP contribution in [0.1, 0.15) is 72.1 Å². The maximum Gasteiger partial charge on any atom is 0.0490 e. The molecule has 4 atom stereocenters. The predicted octanol–water partition coefficient (Wildman–Crippen LogP) is 5.05. The van der Waals surface area contributed by atoms with Crippen LogP contribution in [0, 0.1) is 22.7 Å². The summed E-state index contributed by atoms with van der Waals surface area (Å²) in [5.41, 5.74) is 1.32. The Bertz CT molecular complexity index is 253. The summed E-state index contributed by atoms with van der Waals surface area (Å²) >= 11 is 0. The van der Waals surface area contributed by atoms with Crippen LogP contribution >= 0.6 is 0 Å². The molecule has 0 radical (unpaired) electrons. The minimum Gasteiger partial charge on any atom is -0.384 e. The standard InChI is InChI=1S/C17H32O/c1-5-8-15-16(6-2)9-10-17(15,7-3)12-14(11-16)13-18-4/h14-15H,5-13H2,1-4H3/t14?,15?,16-,17?/m0/s1. The van der Waals surface area contributed by atoms with Gasteiger partial charge in [0.15, 0.2) is 0 Å². The van der Waals surface area contributed by atoms with E-state index in [2.05, 4.69) is 20.8 Å². The molecule has 0 amide bonds. The van der Waals surface area contributed by atoms with Crippen molar-refractivity contribution in [2.24, 2.45) is 22.7 Å². The van der Waals surface area contributed by atoms with Gasteiger partial charge in [0, 0.05) is 13.7 Å². The summed E-state index contributed by atoms with van der Waals surface area (Å²) in [4.78, 5) is 0. The SMILES string of the molecule is CCCC1C2(CC)CC[C@@]1(CC)CC(COC)C2. The molecule has 18 heavy (non-hydrogen) atoms. The number of hydrogen-bond donors (Lipinski definition) is 0. The molecule has 2 fully saturated rings. The fraction of sp³-hybridized carbons (Fsp3) is 1.00. The van der Waals surface area contributed by atoms with Gasteiger partial charge in [0.05, 0.1) is 0 Å². The molecule has 0 spiro atoms. The highest BCUT2D eigenvalue weighted by atomic mass is 16.5. The molecule has 0 saturated heterocycles. The van der Waals surface area contributed by atoms with E-state index in [1.54, 1.807) is 0 Å². The van der Waals surface area contributed by atoms with Crippen molar-refractivity contribution in [1.29, 1.82) is 0 Å². The van der Waals surface area contributed by atoms with Gasteiger partial charge >= 0.3 is 0 Å². The summed E-state index contributed by atoms with van der Waals surface area (Å²) in [6.07, 6.45) is 11.4. The van der Waals surface area contributed by atoms with Crippen molar-refractivity contribution in [2.45, 2.75) is 72.1 Å². The van der Waals surface area contributed by atoms with Crippen LogP contribution in [0.4, 0.5) is 0 Å². The van der Waals surface area contributed by atoms with Crippen LogP contribution in [0.5, 0.6) is 0 Å². The Morgan fingerprint density at radius 2 is 1.56 bits per heavy atom. The summed E-state index contributed by atoms with van der Waals surface area (Å²) in [6, 6.07) is 0. The zero-order valence-corrected chi connectivity index (χ0v) is 12.9. The summed E-state index contributed by atoms with van der Waals surface area (Å²) in [7, 11) is 1.87. The molecule has 0 aromatic carbocycles. The van der Waals surface area contributed by atoms with Gasteiger partial charge in [-0.1, -0.05) is 40.0 Å². The van der Waals surface area contributed by atoms with Gasteiger partial charge < -0.3 is 4.74 Å². The van der Waals surface area contributed by atoms with E-state index in [4.69, 9.17) is 4.74 Å². The second-order valence-corrected chi connectivity index (χ2v) is 7.00. The smallest absolute Gasteiger partial charge is 0.0490 e. The number of methoxy groups -OCH3 is 1. The quantitative estimate of drug-likeness (QED) is 0.643. The lowest BCUT2D eigenvalue weighted by Crippen LogP contribution is -2.43. The fourth-order valence-electron chi connectivity index (χ4n) is 5.60. The molecule has 2 aliphatic carbocycles. The lowest BCUT2D eigenvalue weighted by molar-refractivity contribution is -0.0312. The molecule has 0 aliphatic heterocycles. The van der Waals surface area contributed by atoms with Crippen LogP contribution < -0.4 is 0 Å². The van der Waals surface area contributed by atoms with Gasteiger partial charge in [0.2, 0.25) is 0 Å². The van der Waals surface area contributed by atoms with E-state index < -0.39 is 0 Å². The maximum absolute atomic E-state index is 5.48. The van der Waals surface area contributed by atoms with Gasteiger partial charge in [-0.3, -0.25) is 0 Å². The molecule has 0 aromatic rings. The second kappa shape index (κ2) is 5.53. The molecule has 1 nitrogen and oxygen atoms in total. The molecular weight excluding hydrogens is 220 g/mol. The van der Waals surface area contributed by atoms with Crippen molar-refractivity contribution in [1.82, 2.24) is 0 Å². The van der Waals surface area contributed by atoms with E-state index in [1.165, 1.54) is 51.4 Å². The molecule has 3 unspecified atom stereocenters. The van der Waals surface area contributed by atoms with Gasteiger partial charge in [-0.05, 0) is 54.8 Å². The third-order valence-electron chi connectivity index (χ3n) is 6.38. The zero-order chi connectivity index (χ0) is 13.2. The van der Waals surface area contributed by atoms with Crippen LogP contribution in [0.2, 0.25) is 0 Å². The summed E-state index contributed by atoms with van der Waals surface area (Å²) in [5, 5.41) is 0. The van der Waals surface area contributed by atoms with Crippen LogP contribution in [0.3, 0.4) is 0 Å². The van der Waals surface area contributed by atoms with Crippen molar-refractivity contribution >= 4 is 0 Å². The van der Waals surface area contributed by atoms with Gasteiger partial charge in [-0.2, -0.15) is 0 Å². The molecule has 1 heteroatoms. The number of ether oxygens (including phenoxy) is 1. The van der Waals surface area contributed by atoms with E-state index in [0.717, 1.165) is 18.4 Å².